The van der Waals surface area contributed by atoms with Crippen molar-refractivity contribution in [3.8, 4) is 11.3 Å². The quantitative estimate of drug-likeness (QED) is 0.450. The van der Waals surface area contributed by atoms with Crippen LogP contribution in [0.1, 0.15) is 31.7 Å². The minimum absolute atomic E-state index is 0.124. The Morgan fingerprint density at radius 1 is 1.16 bits per heavy atom. The molecule has 1 aromatic carbocycles. The highest BCUT2D eigenvalue weighted by molar-refractivity contribution is 5.80. The van der Waals surface area contributed by atoms with E-state index in [0.717, 1.165) is 56.1 Å². The Kier molecular flexibility index (Phi) is 8.84. The number of carbonyl (C=O) groups is 1. The molecule has 1 aliphatic rings. The van der Waals surface area contributed by atoms with E-state index in [4.69, 9.17) is 0 Å². The van der Waals surface area contributed by atoms with E-state index in [1.165, 1.54) is 5.56 Å². The number of rotatable bonds is 8. The molecule has 0 bridgehead atoms. The molecule has 2 heterocycles. The zero-order chi connectivity index (χ0) is 21.9. The highest BCUT2D eigenvalue weighted by atomic mass is 16.2. The number of pyridine rings is 1. The second-order valence-corrected chi connectivity index (χ2v) is 7.89. The third kappa shape index (κ3) is 7.36. The second-order valence-electron chi connectivity index (χ2n) is 7.89. The van der Waals surface area contributed by atoms with Gasteiger partial charge in [0.1, 0.15) is 0 Å². The second kappa shape index (κ2) is 12.1. The first-order valence-corrected chi connectivity index (χ1v) is 11.1. The van der Waals surface area contributed by atoms with Gasteiger partial charge in [-0.25, -0.2) is 0 Å². The molecule has 1 aromatic heterocycles. The number of carbonyl (C=O) groups excluding carboxylic acids is 1. The molecule has 7 heteroatoms. The normalized spacial score (nSPS) is 15.5. The standard InChI is InChI=1S/C24H34N6O/c1-3-12-27-23(31)18-30-14-10-21(11-15-30)29-24(25-2)28-17-19-7-6-8-20(16-19)22-9-4-5-13-26-22/h4-9,13,16,21H,3,10-12,14-15,17-18H2,1-2H3,(H,27,31)(H2,25,28,29). The van der Waals surface area contributed by atoms with E-state index in [1.54, 1.807) is 7.05 Å². The van der Waals surface area contributed by atoms with Crippen LogP contribution in [0, 0.1) is 0 Å². The molecule has 166 valence electrons. The molecule has 1 saturated heterocycles. The topological polar surface area (TPSA) is 81.7 Å². The largest absolute Gasteiger partial charge is 0.355 e. The van der Waals surface area contributed by atoms with Crippen LogP contribution in [0.15, 0.2) is 53.7 Å². The van der Waals surface area contributed by atoms with Crippen LogP contribution < -0.4 is 16.0 Å². The number of likely N-dealkylation sites (tertiary alicyclic amines) is 1. The van der Waals surface area contributed by atoms with E-state index in [1.807, 2.05) is 24.4 Å². The van der Waals surface area contributed by atoms with Crippen molar-refractivity contribution in [2.24, 2.45) is 4.99 Å². The number of amides is 1. The first kappa shape index (κ1) is 22.7. The maximum atomic E-state index is 11.9. The first-order valence-electron chi connectivity index (χ1n) is 11.1. The van der Waals surface area contributed by atoms with Crippen molar-refractivity contribution >= 4 is 11.9 Å². The lowest BCUT2D eigenvalue weighted by Gasteiger charge is -2.32. The van der Waals surface area contributed by atoms with Gasteiger partial charge in [0, 0.05) is 51.0 Å². The molecule has 31 heavy (non-hydrogen) atoms. The number of aromatic nitrogens is 1. The summed E-state index contributed by atoms with van der Waals surface area (Å²) in [5.41, 5.74) is 3.26. The van der Waals surface area contributed by atoms with Crippen molar-refractivity contribution in [3.63, 3.8) is 0 Å². The lowest BCUT2D eigenvalue weighted by molar-refractivity contribution is -0.122. The number of nitrogens with one attached hydrogen (secondary N) is 3. The molecule has 3 rings (SSSR count). The van der Waals surface area contributed by atoms with E-state index in [9.17, 15) is 4.79 Å². The van der Waals surface area contributed by atoms with Gasteiger partial charge in [-0.15, -0.1) is 0 Å². The molecular formula is C24H34N6O. The molecule has 2 aromatic rings. The molecule has 3 N–H and O–H groups in total. The highest BCUT2D eigenvalue weighted by Gasteiger charge is 2.21. The van der Waals surface area contributed by atoms with Crippen molar-refractivity contribution < 1.29 is 4.79 Å². The summed E-state index contributed by atoms with van der Waals surface area (Å²) in [6, 6.07) is 14.7. The van der Waals surface area contributed by atoms with Gasteiger partial charge in [-0.3, -0.25) is 19.7 Å². The summed E-state index contributed by atoms with van der Waals surface area (Å²) in [5, 5.41) is 9.90. The fourth-order valence-electron chi connectivity index (χ4n) is 3.71. The summed E-state index contributed by atoms with van der Waals surface area (Å²) in [6.45, 7) is 5.84. The summed E-state index contributed by atoms with van der Waals surface area (Å²) < 4.78 is 0. The summed E-state index contributed by atoms with van der Waals surface area (Å²) in [4.78, 5) is 22.9. The van der Waals surface area contributed by atoms with Gasteiger partial charge in [0.2, 0.25) is 5.91 Å². The third-order valence-electron chi connectivity index (χ3n) is 5.44. The van der Waals surface area contributed by atoms with Crippen molar-refractivity contribution in [1.29, 1.82) is 0 Å². The Bertz CT molecular complexity index is 846. The number of guanidine groups is 1. The summed E-state index contributed by atoms with van der Waals surface area (Å²) in [5.74, 6) is 0.932. The van der Waals surface area contributed by atoms with Crippen LogP contribution in [0.3, 0.4) is 0 Å². The lowest BCUT2D eigenvalue weighted by Crippen LogP contribution is -2.50. The summed E-state index contributed by atoms with van der Waals surface area (Å²) in [6.07, 6.45) is 4.78. The Hall–Kier alpha value is -2.93. The number of aliphatic imine (C=N–C) groups is 1. The van der Waals surface area contributed by atoms with Gasteiger partial charge in [0.15, 0.2) is 5.96 Å². The zero-order valence-corrected chi connectivity index (χ0v) is 18.6. The van der Waals surface area contributed by atoms with E-state index < -0.39 is 0 Å². The predicted octanol–water partition coefficient (Wildman–Crippen LogP) is 2.40. The van der Waals surface area contributed by atoms with Crippen LogP contribution >= 0.6 is 0 Å². The van der Waals surface area contributed by atoms with Gasteiger partial charge in [-0.2, -0.15) is 0 Å². The van der Waals surface area contributed by atoms with Crippen LogP contribution in [-0.4, -0.2) is 61.0 Å². The minimum atomic E-state index is 0.124. The Balaban J connectivity index is 1.44. The molecule has 0 atom stereocenters. The van der Waals surface area contributed by atoms with Crippen LogP contribution in [0.25, 0.3) is 11.3 Å². The predicted molar refractivity (Wildman–Crippen MR) is 126 cm³/mol. The van der Waals surface area contributed by atoms with Gasteiger partial charge in [0.05, 0.1) is 12.2 Å². The maximum Gasteiger partial charge on any atom is 0.234 e. The summed E-state index contributed by atoms with van der Waals surface area (Å²) >= 11 is 0. The van der Waals surface area contributed by atoms with Gasteiger partial charge in [0.25, 0.3) is 0 Å². The molecule has 0 aliphatic carbocycles. The molecule has 0 unspecified atom stereocenters. The van der Waals surface area contributed by atoms with Crippen molar-refractivity contribution in [1.82, 2.24) is 25.8 Å². The van der Waals surface area contributed by atoms with Crippen LogP contribution in [0.4, 0.5) is 0 Å². The SMILES string of the molecule is CCCNC(=O)CN1CCC(NC(=NC)NCc2cccc(-c3ccccn3)c2)CC1. The van der Waals surface area contributed by atoms with Crippen molar-refractivity contribution in [2.45, 2.75) is 38.8 Å². The number of piperidine rings is 1. The number of benzene rings is 1. The Morgan fingerprint density at radius 2 is 2.00 bits per heavy atom. The smallest absolute Gasteiger partial charge is 0.234 e. The Morgan fingerprint density at radius 3 is 2.71 bits per heavy atom. The van der Waals surface area contributed by atoms with Crippen LogP contribution in [0.2, 0.25) is 0 Å². The average molecular weight is 423 g/mol. The van der Waals surface area contributed by atoms with Crippen LogP contribution in [-0.2, 0) is 11.3 Å². The molecule has 1 fully saturated rings. The molecular weight excluding hydrogens is 388 g/mol. The van der Waals surface area contributed by atoms with Crippen molar-refractivity contribution in [2.75, 3.05) is 33.2 Å². The first-order chi connectivity index (χ1) is 15.2. The van der Waals surface area contributed by atoms with Gasteiger partial charge >= 0.3 is 0 Å². The molecule has 0 spiro atoms. The molecule has 7 nitrogen and oxygen atoms in total. The van der Waals surface area contributed by atoms with E-state index in [0.29, 0.717) is 19.1 Å². The number of hydrogen-bond acceptors (Lipinski definition) is 4. The maximum absolute atomic E-state index is 11.9. The van der Waals surface area contributed by atoms with Crippen molar-refractivity contribution in [3.05, 3.63) is 54.2 Å². The fraction of sp³-hybridized carbons (Fsp3) is 0.458. The van der Waals surface area contributed by atoms with E-state index in [2.05, 4.69) is 62.0 Å². The van der Waals surface area contributed by atoms with Crippen LogP contribution in [0.5, 0.6) is 0 Å². The van der Waals surface area contributed by atoms with E-state index >= 15 is 0 Å². The molecule has 1 amide bonds. The third-order valence-corrected chi connectivity index (χ3v) is 5.44. The minimum Gasteiger partial charge on any atom is -0.355 e. The highest BCUT2D eigenvalue weighted by Crippen LogP contribution is 2.17. The van der Waals surface area contributed by atoms with Gasteiger partial charge in [-0.05, 0) is 43.0 Å². The molecule has 0 saturated carbocycles. The number of nitrogens with zero attached hydrogens (tertiary/aromatic N) is 3. The zero-order valence-electron chi connectivity index (χ0n) is 18.6. The lowest BCUT2D eigenvalue weighted by atomic mass is 10.1. The fourth-order valence-corrected chi connectivity index (χ4v) is 3.71. The summed E-state index contributed by atoms with van der Waals surface area (Å²) in [7, 11) is 1.80. The van der Waals surface area contributed by atoms with Gasteiger partial charge in [-0.1, -0.05) is 31.2 Å². The molecule has 1 aliphatic heterocycles. The Labute approximate surface area is 185 Å². The van der Waals surface area contributed by atoms with Gasteiger partial charge < -0.3 is 16.0 Å². The average Bonchev–Trinajstić information content (AvgIpc) is 2.82. The molecule has 0 radical (unpaired) electrons. The monoisotopic (exact) mass is 422 g/mol. The number of hydrogen-bond donors (Lipinski definition) is 3. The van der Waals surface area contributed by atoms with E-state index in [-0.39, 0.29) is 5.91 Å².